The summed E-state index contributed by atoms with van der Waals surface area (Å²) >= 11 is 0. The quantitative estimate of drug-likeness (QED) is 0.912. The van der Waals surface area contributed by atoms with E-state index in [-0.39, 0.29) is 5.91 Å². The van der Waals surface area contributed by atoms with E-state index in [0.29, 0.717) is 18.7 Å². The molecule has 0 bridgehead atoms. The van der Waals surface area contributed by atoms with Crippen LogP contribution in [0, 0.1) is 0 Å². The van der Waals surface area contributed by atoms with Crippen LogP contribution in [0.4, 0.5) is 5.69 Å². The lowest BCUT2D eigenvalue weighted by Gasteiger charge is -2.32. The Bertz CT molecular complexity index is 542. The van der Waals surface area contributed by atoms with Crippen LogP contribution in [-0.4, -0.2) is 37.5 Å². The third kappa shape index (κ3) is 3.54. The SMILES string of the molecule is CS(=O)(=O)N1CCCCC1C(=O)Nc1ccccc1. The predicted octanol–water partition coefficient (Wildman–Crippen LogP) is 1.44. The third-order valence-corrected chi connectivity index (χ3v) is 4.51. The zero-order valence-electron chi connectivity index (χ0n) is 10.9. The minimum Gasteiger partial charge on any atom is -0.325 e. The molecule has 0 aliphatic carbocycles. The zero-order chi connectivity index (χ0) is 13.9. The van der Waals surface area contributed by atoms with Crippen molar-refractivity contribution in [1.29, 1.82) is 0 Å². The molecule has 1 amide bonds. The average Bonchev–Trinajstić information content (AvgIpc) is 2.39. The van der Waals surface area contributed by atoms with Crippen molar-refractivity contribution in [2.75, 3.05) is 18.1 Å². The van der Waals surface area contributed by atoms with Crippen molar-refractivity contribution in [3.8, 4) is 0 Å². The summed E-state index contributed by atoms with van der Waals surface area (Å²) in [7, 11) is -3.34. The van der Waals surface area contributed by atoms with Gasteiger partial charge in [-0.05, 0) is 25.0 Å². The summed E-state index contributed by atoms with van der Waals surface area (Å²) < 4.78 is 24.7. The number of carbonyl (C=O) groups excluding carboxylic acids is 1. The van der Waals surface area contributed by atoms with E-state index in [1.165, 1.54) is 4.31 Å². The molecule has 2 rings (SSSR count). The van der Waals surface area contributed by atoms with Gasteiger partial charge in [-0.1, -0.05) is 24.6 Å². The van der Waals surface area contributed by atoms with Gasteiger partial charge in [0.25, 0.3) is 0 Å². The number of carbonyl (C=O) groups is 1. The number of para-hydroxylation sites is 1. The zero-order valence-corrected chi connectivity index (χ0v) is 11.7. The van der Waals surface area contributed by atoms with Gasteiger partial charge in [-0.25, -0.2) is 8.42 Å². The maximum absolute atomic E-state index is 12.2. The normalized spacial score (nSPS) is 21.0. The van der Waals surface area contributed by atoms with E-state index in [2.05, 4.69) is 5.32 Å². The molecular formula is C13H18N2O3S. The van der Waals surface area contributed by atoms with Gasteiger partial charge in [-0.3, -0.25) is 4.79 Å². The van der Waals surface area contributed by atoms with Crippen molar-refractivity contribution in [1.82, 2.24) is 4.31 Å². The number of nitrogens with one attached hydrogen (secondary N) is 1. The Morgan fingerprint density at radius 2 is 1.95 bits per heavy atom. The van der Waals surface area contributed by atoms with E-state index in [0.717, 1.165) is 19.1 Å². The molecule has 0 saturated carbocycles. The van der Waals surface area contributed by atoms with Crippen LogP contribution in [0.1, 0.15) is 19.3 Å². The molecule has 1 aliphatic rings. The van der Waals surface area contributed by atoms with E-state index in [4.69, 9.17) is 0 Å². The Kier molecular flexibility index (Phi) is 4.21. The molecule has 1 aliphatic heterocycles. The monoisotopic (exact) mass is 282 g/mol. The molecule has 1 N–H and O–H groups in total. The summed E-state index contributed by atoms with van der Waals surface area (Å²) in [4.78, 5) is 12.2. The first-order chi connectivity index (χ1) is 8.98. The Labute approximate surface area is 113 Å². The third-order valence-electron chi connectivity index (χ3n) is 3.22. The average molecular weight is 282 g/mol. The molecule has 1 unspecified atom stereocenters. The predicted molar refractivity (Wildman–Crippen MR) is 74.3 cm³/mol. The minimum absolute atomic E-state index is 0.253. The van der Waals surface area contributed by atoms with Gasteiger partial charge in [0.1, 0.15) is 6.04 Å². The van der Waals surface area contributed by atoms with Crippen molar-refractivity contribution in [3.05, 3.63) is 30.3 Å². The van der Waals surface area contributed by atoms with E-state index in [1.807, 2.05) is 18.2 Å². The number of anilines is 1. The van der Waals surface area contributed by atoms with Gasteiger partial charge in [0.05, 0.1) is 6.26 Å². The maximum Gasteiger partial charge on any atom is 0.242 e. The topological polar surface area (TPSA) is 66.5 Å². The first kappa shape index (κ1) is 14.0. The van der Waals surface area contributed by atoms with Crippen LogP contribution in [0.25, 0.3) is 0 Å². The van der Waals surface area contributed by atoms with Gasteiger partial charge < -0.3 is 5.32 Å². The number of hydrogen-bond acceptors (Lipinski definition) is 3. The number of rotatable bonds is 3. The van der Waals surface area contributed by atoms with Crippen molar-refractivity contribution in [3.63, 3.8) is 0 Å². The van der Waals surface area contributed by atoms with Crippen LogP contribution < -0.4 is 5.32 Å². The molecule has 0 radical (unpaired) electrons. The molecule has 5 nitrogen and oxygen atoms in total. The van der Waals surface area contributed by atoms with Crippen LogP contribution in [0.2, 0.25) is 0 Å². The van der Waals surface area contributed by atoms with Gasteiger partial charge in [-0.2, -0.15) is 4.31 Å². The number of nitrogens with zero attached hydrogens (tertiary/aromatic N) is 1. The lowest BCUT2D eigenvalue weighted by atomic mass is 10.0. The van der Waals surface area contributed by atoms with Crippen molar-refractivity contribution in [2.45, 2.75) is 25.3 Å². The summed E-state index contributed by atoms with van der Waals surface area (Å²) in [6.07, 6.45) is 3.41. The molecule has 0 aromatic heterocycles. The van der Waals surface area contributed by atoms with E-state index < -0.39 is 16.1 Å². The number of hydrogen-bond donors (Lipinski definition) is 1. The van der Waals surface area contributed by atoms with Crippen LogP contribution in [0.15, 0.2) is 30.3 Å². The lowest BCUT2D eigenvalue weighted by molar-refractivity contribution is -0.120. The van der Waals surface area contributed by atoms with Crippen molar-refractivity contribution < 1.29 is 13.2 Å². The Balaban J connectivity index is 2.12. The van der Waals surface area contributed by atoms with Gasteiger partial charge >= 0.3 is 0 Å². The highest BCUT2D eigenvalue weighted by Crippen LogP contribution is 2.21. The Morgan fingerprint density at radius 3 is 2.58 bits per heavy atom. The number of piperidine rings is 1. The molecule has 19 heavy (non-hydrogen) atoms. The van der Waals surface area contributed by atoms with Crippen molar-refractivity contribution in [2.24, 2.45) is 0 Å². The molecule has 0 spiro atoms. The summed E-state index contributed by atoms with van der Waals surface area (Å²) in [5.74, 6) is -0.253. The number of benzene rings is 1. The van der Waals surface area contributed by atoms with E-state index in [9.17, 15) is 13.2 Å². The Hall–Kier alpha value is -1.40. The molecular weight excluding hydrogens is 264 g/mol. The fraction of sp³-hybridized carbons (Fsp3) is 0.462. The molecule has 1 atom stereocenters. The van der Waals surface area contributed by atoms with E-state index in [1.54, 1.807) is 12.1 Å². The maximum atomic E-state index is 12.2. The first-order valence-corrected chi connectivity index (χ1v) is 8.16. The molecule has 104 valence electrons. The summed E-state index contributed by atoms with van der Waals surface area (Å²) in [6, 6.07) is 8.48. The van der Waals surface area contributed by atoms with Crippen LogP contribution in [0.3, 0.4) is 0 Å². The molecule has 1 saturated heterocycles. The second-order valence-corrected chi connectivity index (χ2v) is 6.68. The smallest absolute Gasteiger partial charge is 0.242 e. The highest BCUT2D eigenvalue weighted by molar-refractivity contribution is 7.88. The number of sulfonamides is 1. The second kappa shape index (κ2) is 5.71. The van der Waals surface area contributed by atoms with Crippen molar-refractivity contribution >= 4 is 21.6 Å². The summed E-state index contributed by atoms with van der Waals surface area (Å²) in [6.45, 7) is 0.422. The van der Waals surface area contributed by atoms with Gasteiger partial charge in [0.15, 0.2) is 0 Å². The molecule has 1 fully saturated rings. The lowest BCUT2D eigenvalue weighted by Crippen LogP contribution is -2.49. The Morgan fingerprint density at radius 1 is 1.26 bits per heavy atom. The molecule has 1 heterocycles. The minimum atomic E-state index is -3.34. The van der Waals surface area contributed by atoms with Crippen LogP contribution in [0.5, 0.6) is 0 Å². The van der Waals surface area contributed by atoms with Gasteiger partial charge in [-0.15, -0.1) is 0 Å². The van der Waals surface area contributed by atoms with Gasteiger partial charge in [0, 0.05) is 12.2 Å². The van der Waals surface area contributed by atoms with Crippen LogP contribution in [-0.2, 0) is 14.8 Å². The fourth-order valence-electron chi connectivity index (χ4n) is 2.31. The summed E-state index contributed by atoms with van der Waals surface area (Å²) in [5.41, 5.74) is 0.687. The highest BCUT2D eigenvalue weighted by atomic mass is 32.2. The second-order valence-electron chi connectivity index (χ2n) is 4.74. The molecule has 1 aromatic carbocycles. The highest BCUT2D eigenvalue weighted by Gasteiger charge is 2.34. The summed E-state index contributed by atoms with van der Waals surface area (Å²) in [5, 5.41) is 2.77. The fourth-order valence-corrected chi connectivity index (χ4v) is 3.44. The van der Waals surface area contributed by atoms with Gasteiger partial charge in [0.2, 0.25) is 15.9 Å². The van der Waals surface area contributed by atoms with E-state index >= 15 is 0 Å². The first-order valence-electron chi connectivity index (χ1n) is 6.31. The van der Waals surface area contributed by atoms with Crippen LogP contribution >= 0.6 is 0 Å². The standard InChI is InChI=1S/C13H18N2O3S/c1-19(17,18)15-10-6-5-9-12(15)13(16)14-11-7-3-2-4-8-11/h2-4,7-8,12H,5-6,9-10H2,1H3,(H,14,16). The molecule has 6 heteroatoms. The largest absolute Gasteiger partial charge is 0.325 e. The molecule has 1 aromatic rings. The number of amides is 1.